The van der Waals surface area contributed by atoms with E-state index in [0.29, 0.717) is 19.7 Å². The molecule has 2 aromatic rings. The van der Waals surface area contributed by atoms with E-state index in [1.165, 1.54) is 16.6 Å². The highest BCUT2D eigenvalue weighted by molar-refractivity contribution is 8.00. The van der Waals surface area contributed by atoms with E-state index in [2.05, 4.69) is 23.0 Å². The number of fused-ring (bicyclic) bond motifs is 1. The van der Waals surface area contributed by atoms with E-state index in [4.69, 9.17) is 4.74 Å². The third kappa shape index (κ3) is 4.60. The topological polar surface area (TPSA) is 72.4 Å². The molecule has 8 heteroatoms. The van der Waals surface area contributed by atoms with Gasteiger partial charge in [0.25, 0.3) is 0 Å². The summed E-state index contributed by atoms with van der Waals surface area (Å²) < 4.78 is 5.13. The molecule has 1 aliphatic rings. The standard InChI is InChI=1S/C19H25N3O3S2/c1-4-14-9-15-16(20-11-21-17(15)27-14)26-12(3)18(23)22-8-6-7-13(10-22)19(24)25-5-2/h9,11-13H,4-8,10H2,1-3H3. The van der Waals surface area contributed by atoms with Crippen LogP contribution in [0.5, 0.6) is 0 Å². The van der Waals surface area contributed by atoms with Gasteiger partial charge >= 0.3 is 5.97 Å². The first-order valence-electron chi connectivity index (χ1n) is 9.39. The van der Waals surface area contributed by atoms with Crippen molar-refractivity contribution in [2.75, 3.05) is 19.7 Å². The molecule has 0 bridgehead atoms. The molecule has 3 rings (SSSR count). The molecule has 0 N–H and O–H groups in total. The van der Waals surface area contributed by atoms with Crippen molar-refractivity contribution in [3.05, 3.63) is 17.3 Å². The van der Waals surface area contributed by atoms with Crippen LogP contribution in [0.3, 0.4) is 0 Å². The van der Waals surface area contributed by atoms with Crippen LogP contribution in [0.25, 0.3) is 10.2 Å². The van der Waals surface area contributed by atoms with Gasteiger partial charge in [-0.25, -0.2) is 9.97 Å². The monoisotopic (exact) mass is 407 g/mol. The van der Waals surface area contributed by atoms with E-state index in [-0.39, 0.29) is 23.0 Å². The molecular formula is C19H25N3O3S2. The summed E-state index contributed by atoms with van der Waals surface area (Å²) in [6.45, 7) is 7.34. The lowest BCUT2D eigenvalue weighted by molar-refractivity contribution is -0.151. The fraction of sp³-hybridized carbons (Fsp3) is 0.579. The van der Waals surface area contributed by atoms with E-state index in [0.717, 1.165) is 34.5 Å². The lowest BCUT2D eigenvalue weighted by atomic mass is 9.98. The Kier molecular flexibility index (Phi) is 6.70. The number of piperidine rings is 1. The number of carbonyl (C=O) groups is 2. The van der Waals surface area contributed by atoms with Crippen LogP contribution in [0.4, 0.5) is 0 Å². The molecule has 0 radical (unpaired) electrons. The van der Waals surface area contributed by atoms with Gasteiger partial charge in [0, 0.05) is 23.4 Å². The number of nitrogens with zero attached hydrogens (tertiary/aromatic N) is 3. The van der Waals surface area contributed by atoms with E-state index in [9.17, 15) is 9.59 Å². The number of carbonyl (C=O) groups excluding carboxylic acids is 2. The summed E-state index contributed by atoms with van der Waals surface area (Å²) >= 11 is 3.14. The Morgan fingerprint density at radius 2 is 2.22 bits per heavy atom. The lowest BCUT2D eigenvalue weighted by Crippen LogP contribution is -2.45. The van der Waals surface area contributed by atoms with Gasteiger partial charge in [-0.2, -0.15) is 0 Å². The molecule has 0 saturated carbocycles. The van der Waals surface area contributed by atoms with Gasteiger partial charge < -0.3 is 9.64 Å². The first kappa shape index (κ1) is 20.1. The number of amides is 1. The van der Waals surface area contributed by atoms with Crippen LogP contribution in [0, 0.1) is 5.92 Å². The minimum Gasteiger partial charge on any atom is -0.466 e. The molecule has 2 atom stereocenters. The molecule has 1 saturated heterocycles. The largest absolute Gasteiger partial charge is 0.466 e. The molecule has 0 aromatic carbocycles. The third-order valence-corrected chi connectivity index (χ3v) is 6.97. The maximum Gasteiger partial charge on any atom is 0.310 e. The van der Waals surface area contributed by atoms with Gasteiger partial charge in [0.05, 0.1) is 17.8 Å². The Labute approximate surface area is 167 Å². The number of aromatic nitrogens is 2. The highest BCUT2D eigenvalue weighted by atomic mass is 32.2. The minimum atomic E-state index is -0.269. The fourth-order valence-electron chi connectivity index (χ4n) is 3.26. The van der Waals surface area contributed by atoms with Gasteiger partial charge in [-0.3, -0.25) is 9.59 Å². The number of rotatable bonds is 6. The zero-order chi connectivity index (χ0) is 19.4. The quantitative estimate of drug-likeness (QED) is 0.414. The second-order valence-electron chi connectivity index (χ2n) is 6.60. The molecule has 1 amide bonds. The zero-order valence-electron chi connectivity index (χ0n) is 15.9. The lowest BCUT2D eigenvalue weighted by Gasteiger charge is -2.33. The number of hydrogen-bond acceptors (Lipinski definition) is 7. The molecule has 3 heterocycles. The summed E-state index contributed by atoms with van der Waals surface area (Å²) in [7, 11) is 0. The molecule has 0 spiro atoms. The van der Waals surface area contributed by atoms with Crippen molar-refractivity contribution in [3.63, 3.8) is 0 Å². The Bertz CT molecular complexity index is 824. The Hall–Kier alpha value is -1.67. The van der Waals surface area contributed by atoms with Crippen LogP contribution < -0.4 is 0 Å². The molecular weight excluding hydrogens is 382 g/mol. The molecule has 0 aliphatic carbocycles. The average Bonchev–Trinajstić information content (AvgIpc) is 3.12. The molecule has 2 aromatic heterocycles. The predicted molar refractivity (Wildman–Crippen MR) is 108 cm³/mol. The summed E-state index contributed by atoms with van der Waals surface area (Å²) in [5.74, 6) is -0.362. The van der Waals surface area contributed by atoms with Crippen molar-refractivity contribution in [1.82, 2.24) is 14.9 Å². The zero-order valence-corrected chi connectivity index (χ0v) is 17.6. The smallest absolute Gasteiger partial charge is 0.310 e. The van der Waals surface area contributed by atoms with Crippen LogP contribution in [0.1, 0.15) is 38.5 Å². The van der Waals surface area contributed by atoms with Gasteiger partial charge in [-0.1, -0.05) is 18.7 Å². The second kappa shape index (κ2) is 9.01. The molecule has 146 valence electrons. The van der Waals surface area contributed by atoms with Crippen molar-refractivity contribution >= 4 is 45.2 Å². The highest BCUT2D eigenvalue weighted by Crippen LogP contribution is 2.33. The number of likely N-dealkylation sites (tertiary alicyclic amines) is 1. The van der Waals surface area contributed by atoms with Crippen molar-refractivity contribution in [1.29, 1.82) is 0 Å². The summed E-state index contributed by atoms with van der Waals surface area (Å²) in [6.07, 6.45) is 4.14. The van der Waals surface area contributed by atoms with E-state index >= 15 is 0 Å². The van der Waals surface area contributed by atoms with Gasteiger partial charge in [-0.05, 0) is 39.2 Å². The number of ether oxygens (including phenoxy) is 1. The Morgan fingerprint density at radius 1 is 1.41 bits per heavy atom. The van der Waals surface area contributed by atoms with Crippen LogP contribution in [-0.2, 0) is 20.7 Å². The molecule has 27 heavy (non-hydrogen) atoms. The maximum atomic E-state index is 12.9. The van der Waals surface area contributed by atoms with Crippen LogP contribution in [0.15, 0.2) is 17.4 Å². The van der Waals surface area contributed by atoms with Crippen LogP contribution in [0.2, 0.25) is 0 Å². The fourth-order valence-corrected chi connectivity index (χ4v) is 5.23. The number of thiophene rings is 1. The van der Waals surface area contributed by atoms with E-state index < -0.39 is 0 Å². The summed E-state index contributed by atoms with van der Waals surface area (Å²) in [5.41, 5.74) is 0. The predicted octanol–water partition coefficient (Wildman–Crippen LogP) is 3.54. The number of hydrogen-bond donors (Lipinski definition) is 0. The SMILES string of the molecule is CCOC(=O)C1CCCN(C(=O)C(C)Sc2ncnc3sc(CC)cc23)C1. The van der Waals surface area contributed by atoms with Crippen molar-refractivity contribution in [2.45, 2.75) is 50.3 Å². The third-order valence-electron chi connectivity index (χ3n) is 4.68. The molecule has 1 fully saturated rings. The summed E-state index contributed by atoms with van der Waals surface area (Å²) in [4.78, 5) is 37.7. The average molecular weight is 408 g/mol. The van der Waals surface area contributed by atoms with Gasteiger partial charge in [0.15, 0.2) is 0 Å². The first-order valence-corrected chi connectivity index (χ1v) is 11.1. The highest BCUT2D eigenvalue weighted by Gasteiger charge is 2.31. The van der Waals surface area contributed by atoms with E-state index in [1.807, 2.05) is 6.92 Å². The van der Waals surface area contributed by atoms with Gasteiger partial charge in [0.2, 0.25) is 5.91 Å². The second-order valence-corrected chi connectivity index (χ2v) is 9.04. The minimum absolute atomic E-state index is 0.0479. The normalized spacial score (nSPS) is 18.5. The van der Waals surface area contributed by atoms with E-state index in [1.54, 1.807) is 29.5 Å². The number of aryl methyl sites for hydroxylation is 1. The first-order chi connectivity index (χ1) is 13.0. The number of thioether (sulfide) groups is 1. The van der Waals surface area contributed by atoms with Crippen LogP contribution in [-0.4, -0.2) is 51.7 Å². The number of esters is 1. The van der Waals surface area contributed by atoms with Crippen LogP contribution >= 0.6 is 23.1 Å². The Morgan fingerprint density at radius 3 is 2.96 bits per heavy atom. The van der Waals surface area contributed by atoms with Gasteiger partial charge in [0.1, 0.15) is 16.2 Å². The molecule has 6 nitrogen and oxygen atoms in total. The summed E-state index contributed by atoms with van der Waals surface area (Å²) in [6, 6.07) is 2.12. The van der Waals surface area contributed by atoms with Crippen molar-refractivity contribution in [2.24, 2.45) is 5.92 Å². The molecule has 2 unspecified atom stereocenters. The Balaban J connectivity index is 1.69. The molecule has 1 aliphatic heterocycles. The van der Waals surface area contributed by atoms with Crippen molar-refractivity contribution in [3.8, 4) is 0 Å². The summed E-state index contributed by atoms with van der Waals surface area (Å²) in [5, 5.41) is 1.59. The maximum absolute atomic E-state index is 12.9. The van der Waals surface area contributed by atoms with Crippen molar-refractivity contribution < 1.29 is 14.3 Å². The van der Waals surface area contributed by atoms with Gasteiger partial charge in [-0.15, -0.1) is 11.3 Å².